The van der Waals surface area contributed by atoms with Crippen LogP contribution < -0.4 is 5.32 Å². The summed E-state index contributed by atoms with van der Waals surface area (Å²) in [7, 11) is 0. The van der Waals surface area contributed by atoms with Gasteiger partial charge in [-0.3, -0.25) is 0 Å². The smallest absolute Gasteiger partial charge is 0.155 e. The topological polar surface area (TPSA) is 55.6 Å². The molecule has 0 aromatic carbocycles. The number of hydrogen-bond donors (Lipinski definition) is 1. The standard InChI is InChI=1S/C12H15N5/c1-3-7-13-10(5-1)12-15-9-16-17(12)11-6-2-4-8-14-11/h2,4,6,8-10,13H,1,3,5,7H2. The normalized spacial score (nSPS) is 20.4. The maximum atomic E-state index is 4.37. The van der Waals surface area contributed by atoms with E-state index in [0.717, 1.165) is 24.6 Å². The van der Waals surface area contributed by atoms with Gasteiger partial charge in [0.15, 0.2) is 11.6 Å². The van der Waals surface area contributed by atoms with Crippen molar-refractivity contribution >= 4 is 0 Å². The summed E-state index contributed by atoms with van der Waals surface area (Å²) in [5.41, 5.74) is 0. The molecule has 0 spiro atoms. The molecule has 2 aromatic rings. The van der Waals surface area contributed by atoms with Gasteiger partial charge in [0, 0.05) is 6.20 Å². The van der Waals surface area contributed by atoms with Crippen LogP contribution in [0.4, 0.5) is 0 Å². The molecule has 0 bridgehead atoms. The van der Waals surface area contributed by atoms with Crippen LogP contribution in [0.5, 0.6) is 0 Å². The van der Waals surface area contributed by atoms with Crippen LogP contribution >= 0.6 is 0 Å². The lowest BCUT2D eigenvalue weighted by Gasteiger charge is -2.22. The molecule has 1 atom stereocenters. The molecular formula is C12H15N5. The Morgan fingerprint density at radius 2 is 2.24 bits per heavy atom. The Morgan fingerprint density at radius 3 is 3.00 bits per heavy atom. The van der Waals surface area contributed by atoms with Crippen molar-refractivity contribution in [2.75, 3.05) is 6.54 Å². The highest BCUT2D eigenvalue weighted by Gasteiger charge is 2.20. The predicted molar refractivity (Wildman–Crippen MR) is 63.7 cm³/mol. The minimum atomic E-state index is 0.299. The van der Waals surface area contributed by atoms with Crippen LogP contribution in [-0.4, -0.2) is 26.3 Å². The van der Waals surface area contributed by atoms with Gasteiger partial charge in [0.2, 0.25) is 0 Å². The zero-order valence-corrected chi connectivity index (χ0v) is 9.58. The quantitative estimate of drug-likeness (QED) is 0.847. The highest BCUT2D eigenvalue weighted by Crippen LogP contribution is 2.22. The molecule has 1 unspecified atom stereocenters. The summed E-state index contributed by atoms with van der Waals surface area (Å²) in [5.74, 6) is 1.79. The Labute approximate surface area is 99.9 Å². The van der Waals surface area contributed by atoms with E-state index in [1.165, 1.54) is 12.8 Å². The number of nitrogens with one attached hydrogen (secondary N) is 1. The molecule has 1 N–H and O–H groups in total. The van der Waals surface area contributed by atoms with Crippen molar-refractivity contribution in [2.24, 2.45) is 0 Å². The highest BCUT2D eigenvalue weighted by atomic mass is 15.4. The second-order valence-corrected chi connectivity index (χ2v) is 4.22. The van der Waals surface area contributed by atoms with Crippen LogP contribution in [0.15, 0.2) is 30.7 Å². The van der Waals surface area contributed by atoms with Crippen LogP contribution in [0.3, 0.4) is 0 Å². The fourth-order valence-electron chi connectivity index (χ4n) is 2.22. The molecule has 1 fully saturated rings. The highest BCUT2D eigenvalue weighted by molar-refractivity contribution is 5.22. The van der Waals surface area contributed by atoms with E-state index in [-0.39, 0.29) is 0 Å². The lowest BCUT2D eigenvalue weighted by atomic mass is 10.0. The Balaban J connectivity index is 1.93. The summed E-state index contributed by atoms with van der Waals surface area (Å²) in [5, 5.41) is 7.75. The maximum Gasteiger partial charge on any atom is 0.155 e. The molecule has 5 nitrogen and oxygen atoms in total. The number of aromatic nitrogens is 4. The largest absolute Gasteiger partial charge is 0.307 e. The third-order valence-corrected chi connectivity index (χ3v) is 3.06. The molecule has 0 amide bonds. The van der Waals surface area contributed by atoms with E-state index in [9.17, 15) is 0 Å². The predicted octanol–water partition coefficient (Wildman–Crippen LogP) is 1.48. The summed E-state index contributed by atoms with van der Waals surface area (Å²) in [4.78, 5) is 8.67. The van der Waals surface area contributed by atoms with Crippen molar-refractivity contribution in [2.45, 2.75) is 25.3 Å². The van der Waals surface area contributed by atoms with Gasteiger partial charge in [0.05, 0.1) is 6.04 Å². The molecule has 17 heavy (non-hydrogen) atoms. The minimum absolute atomic E-state index is 0.299. The van der Waals surface area contributed by atoms with E-state index < -0.39 is 0 Å². The van der Waals surface area contributed by atoms with Crippen LogP contribution in [0.2, 0.25) is 0 Å². The molecular weight excluding hydrogens is 214 g/mol. The number of nitrogens with zero attached hydrogens (tertiary/aromatic N) is 4. The van der Waals surface area contributed by atoms with E-state index in [4.69, 9.17) is 0 Å². The number of piperidine rings is 1. The Bertz CT molecular complexity index is 473. The molecule has 1 aliphatic heterocycles. The molecule has 3 rings (SSSR count). The van der Waals surface area contributed by atoms with Crippen molar-refractivity contribution in [3.05, 3.63) is 36.5 Å². The molecule has 88 valence electrons. The van der Waals surface area contributed by atoms with Crippen molar-refractivity contribution in [3.8, 4) is 5.82 Å². The van der Waals surface area contributed by atoms with Crippen LogP contribution in [0.1, 0.15) is 31.1 Å². The van der Waals surface area contributed by atoms with Gasteiger partial charge in [-0.15, -0.1) is 0 Å². The zero-order chi connectivity index (χ0) is 11.5. The number of pyridine rings is 1. The fourth-order valence-corrected chi connectivity index (χ4v) is 2.22. The van der Waals surface area contributed by atoms with Gasteiger partial charge in [-0.05, 0) is 31.5 Å². The lowest BCUT2D eigenvalue weighted by Crippen LogP contribution is -2.29. The first kappa shape index (κ1) is 10.4. The van der Waals surface area contributed by atoms with Gasteiger partial charge < -0.3 is 5.32 Å². The lowest BCUT2D eigenvalue weighted by molar-refractivity contribution is 0.391. The summed E-state index contributed by atoms with van der Waals surface area (Å²) < 4.78 is 1.82. The molecule has 0 saturated carbocycles. The summed E-state index contributed by atoms with van der Waals surface area (Å²) in [6.45, 7) is 1.06. The van der Waals surface area contributed by atoms with Gasteiger partial charge in [0.1, 0.15) is 6.33 Å². The van der Waals surface area contributed by atoms with Gasteiger partial charge >= 0.3 is 0 Å². The SMILES string of the molecule is c1ccc(-n2ncnc2C2CCCCN2)nc1. The summed E-state index contributed by atoms with van der Waals surface area (Å²) in [6.07, 6.45) is 6.97. The van der Waals surface area contributed by atoms with Gasteiger partial charge in [-0.25, -0.2) is 9.97 Å². The number of rotatable bonds is 2. The molecule has 5 heteroatoms. The van der Waals surface area contributed by atoms with Gasteiger partial charge in [-0.2, -0.15) is 9.78 Å². The van der Waals surface area contributed by atoms with Crippen molar-refractivity contribution in [3.63, 3.8) is 0 Å². The fraction of sp³-hybridized carbons (Fsp3) is 0.417. The van der Waals surface area contributed by atoms with Crippen molar-refractivity contribution in [1.82, 2.24) is 25.1 Å². The molecule has 1 saturated heterocycles. The first-order chi connectivity index (χ1) is 8.45. The molecule has 2 aromatic heterocycles. The van der Waals surface area contributed by atoms with E-state index in [1.54, 1.807) is 12.5 Å². The Morgan fingerprint density at radius 1 is 1.24 bits per heavy atom. The first-order valence-corrected chi connectivity index (χ1v) is 6.00. The summed E-state index contributed by atoms with van der Waals surface area (Å²) >= 11 is 0. The van der Waals surface area contributed by atoms with Crippen LogP contribution in [-0.2, 0) is 0 Å². The molecule has 0 radical (unpaired) electrons. The second kappa shape index (κ2) is 4.63. The summed E-state index contributed by atoms with van der Waals surface area (Å²) in [6, 6.07) is 6.11. The minimum Gasteiger partial charge on any atom is -0.307 e. The Kier molecular flexibility index (Phi) is 2.83. The van der Waals surface area contributed by atoms with E-state index in [0.29, 0.717) is 6.04 Å². The Hall–Kier alpha value is -1.75. The average molecular weight is 229 g/mol. The van der Waals surface area contributed by atoms with E-state index >= 15 is 0 Å². The van der Waals surface area contributed by atoms with Crippen molar-refractivity contribution in [1.29, 1.82) is 0 Å². The third kappa shape index (κ3) is 2.06. The van der Waals surface area contributed by atoms with Crippen LogP contribution in [0, 0.1) is 0 Å². The van der Waals surface area contributed by atoms with E-state index in [2.05, 4.69) is 20.4 Å². The maximum absolute atomic E-state index is 4.37. The van der Waals surface area contributed by atoms with E-state index in [1.807, 2.05) is 22.9 Å². The molecule has 1 aliphatic rings. The third-order valence-electron chi connectivity index (χ3n) is 3.06. The number of hydrogen-bond acceptors (Lipinski definition) is 4. The zero-order valence-electron chi connectivity index (χ0n) is 9.58. The van der Waals surface area contributed by atoms with Gasteiger partial charge in [0.25, 0.3) is 0 Å². The van der Waals surface area contributed by atoms with Gasteiger partial charge in [-0.1, -0.05) is 12.5 Å². The van der Waals surface area contributed by atoms with Crippen molar-refractivity contribution < 1.29 is 0 Å². The second-order valence-electron chi connectivity index (χ2n) is 4.22. The first-order valence-electron chi connectivity index (χ1n) is 6.00. The molecule has 3 heterocycles. The average Bonchev–Trinajstić information content (AvgIpc) is 2.90. The molecule has 0 aliphatic carbocycles. The van der Waals surface area contributed by atoms with Crippen LogP contribution in [0.25, 0.3) is 5.82 Å². The monoisotopic (exact) mass is 229 g/mol.